The van der Waals surface area contributed by atoms with Gasteiger partial charge in [-0.2, -0.15) is 5.10 Å². The van der Waals surface area contributed by atoms with Gasteiger partial charge in [0.05, 0.1) is 12.3 Å². The van der Waals surface area contributed by atoms with Gasteiger partial charge in [0, 0.05) is 51.5 Å². The van der Waals surface area contributed by atoms with E-state index in [9.17, 15) is 4.79 Å². The number of ether oxygens (including phenoxy) is 1. The van der Waals surface area contributed by atoms with Crippen LogP contribution < -0.4 is 0 Å². The second-order valence-electron chi connectivity index (χ2n) is 6.36. The molecule has 1 aliphatic heterocycles. The zero-order chi connectivity index (χ0) is 16.1. The zero-order valence-electron chi connectivity index (χ0n) is 14.2. The molecule has 1 aromatic rings. The van der Waals surface area contributed by atoms with Gasteiger partial charge in [0.2, 0.25) is 0 Å². The van der Waals surface area contributed by atoms with Crippen molar-refractivity contribution in [2.45, 2.75) is 33.7 Å². The van der Waals surface area contributed by atoms with Crippen molar-refractivity contribution in [3.8, 4) is 0 Å². The Bertz CT molecular complexity index is 490. The summed E-state index contributed by atoms with van der Waals surface area (Å²) in [5.74, 6) is 0.378. The van der Waals surface area contributed by atoms with Gasteiger partial charge in [-0.1, -0.05) is 20.8 Å². The number of aryl methyl sites for hydroxylation is 2. The van der Waals surface area contributed by atoms with Crippen LogP contribution in [0.4, 0.5) is 4.79 Å². The quantitative estimate of drug-likeness (QED) is 0.833. The highest BCUT2D eigenvalue weighted by Gasteiger charge is 2.23. The molecule has 0 radical (unpaired) electrons. The first kappa shape index (κ1) is 16.8. The van der Waals surface area contributed by atoms with Crippen LogP contribution in [0.25, 0.3) is 0 Å². The van der Waals surface area contributed by atoms with Gasteiger partial charge in [0.1, 0.15) is 0 Å². The van der Waals surface area contributed by atoms with E-state index in [-0.39, 0.29) is 6.09 Å². The van der Waals surface area contributed by atoms with Gasteiger partial charge >= 0.3 is 6.09 Å². The predicted molar refractivity (Wildman–Crippen MR) is 85.6 cm³/mol. The second kappa shape index (κ2) is 7.63. The first-order chi connectivity index (χ1) is 10.5. The van der Waals surface area contributed by atoms with Gasteiger partial charge in [-0.25, -0.2) is 4.79 Å². The minimum absolute atomic E-state index is 0.177. The van der Waals surface area contributed by atoms with E-state index in [1.807, 2.05) is 30.5 Å². The molecule has 1 amide bonds. The van der Waals surface area contributed by atoms with Crippen LogP contribution in [0.2, 0.25) is 0 Å². The molecule has 6 heteroatoms. The summed E-state index contributed by atoms with van der Waals surface area (Å²) in [6.07, 6.45) is 2.88. The Balaban J connectivity index is 1.80. The maximum Gasteiger partial charge on any atom is 0.409 e. The highest BCUT2D eigenvalue weighted by atomic mass is 16.6. The van der Waals surface area contributed by atoms with Crippen molar-refractivity contribution >= 4 is 6.09 Å². The minimum atomic E-state index is -0.177. The van der Waals surface area contributed by atoms with Crippen molar-refractivity contribution < 1.29 is 9.53 Å². The summed E-state index contributed by atoms with van der Waals surface area (Å²) < 4.78 is 7.17. The standard InChI is InChI=1S/C16H28N4O2/c1-5-15-14(10-18(4)17-15)11-19-6-8-20(9-7-19)16(21)22-12-13(2)3/h10,13H,5-9,11-12H2,1-4H3. The molecule has 22 heavy (non-hydrogen) atoms. The molecular weight excluding hydrogens is 280 g/mol. The molecule has 0 aromatic carbocycles. The van der Waals surface area contributed by atoms with Crippen LogP contribution in [0.15, 0.2) is 6.20 Å². The number of hydrogen-bond donors (Lipinski definition) is 0. The van der Waals surface area contributed by atoms with Gasteiger partial charge in [0.25, 0.3) is 0 Å². The molecule has 2 rings (SSSR count). The smallest absolute Gasteiger partial charge is 0.409 e. The summed E-state index contributed by atoms with van der Waals surface area (Å²) in [5, 5.41) is 4.48. The molecule has 1 saturated heterocycles. The highest BCUT2D eigenvalue weighted by molar-refractivity contribution is 5.67. The molecular formula is C16H28N4O2. The number of rotatable bonds is 5. The fourth-order valence-electron chi connectivity index (χ4n) is 2.67. The van der Waals surface area contributed by atoms with E-state index in [0.717, 1.165) is 39.1 Å². The Labute approximate surface area is 133 Å². The van der Waals surface area contributed by atoms with Gasteiger partial charge in [0.15, 0.2) is 0 Å². The van der Waals surface area contributed by atoms with Crippen molar-refractivity contribution in [1.82, 2.24) is 19.6 Å². The van der Waals surface area contributed by atoms with Gasteiger partial charge < -0.3 is 9.64 Å². The van der Waals surface area contributed by atoms with Crippen LogP contribution in [-0.2, 0) is 24.8 Å². The number of aromatic nitrogens is 2. The molecule has 1 aromatic heterocycles. The molecule has 2 heterocycles. The summed E-state index contributed by atoms with van der Waals surface area (Å²) in [5.41, 5.74) is 2.46. The van der Waals surface area contributed by atoms with E-state index in [2.05, 4.69) is 23.1 Å². The lowest BCUT2D eigenvalue weighted by Crippen LogP contribution is -2.48. The Hall–Kier alpha value is -1.56. The lowest BCUT2D eigenvalue weighted by molar-refractivity contribution is 0.0675. The van der Waals surface area contributed by atoms with Crippen molar-refractivity contribution in [2.75, 3.05) is 32.8 Å². The van der Waals surface area contributed by atoms with E-state index < -0.39 is 0 Å². The normalized spacial score (nSPS) is 16.3. The molecule has 0 N–H and O–H groups in total. The predicted octanol–water partition coefficient (Wildman–Crippen LogP) is 1.89. The summed E-state index contributed by atoms with van der Waals surface area (Å²) >= 11 is 0. The number of carbonyl (C=O) groups is 1. The van der Waals surface area contributed by atoms with Gasteiger partial charge in [-0.15, -0.1) is 0 Å². The third kappa shape index (κ3) is 4.47. The topological polar surface area (TPSA) is 50.6 Å². The zero-order valence-corrected chi connectivity index (χ0v) is 14.2. The average molecular weight is 308 g/mol. The first-order valence-corrected chi connectivity index (χ1v) is 8.15. The van der Waals surface area contributed by atoms with E-state index in [1.54, 1.807) is 0 Å². The fourth-order valence-corrected chi connectivity index (χ4v) is 2.67. The maximum absolute atomic E-state index is 11.9. The molecule has 124 valence electrons. The van der Waals surface area contributed by atoms with Crippen molar-refractivity contribution in [1.29, 1.82) is 0 Å². The largest absolute Gasteiger partial charge is 0.449 e. The molecule has 0 unspecified atom stereocenters. The van der Waals surface area contributed by atoms with E-state index in [0.29, 0.717) is 12.5 Å². The number of amides is 1. The summed E-state index contributed by atoms with van der Waals surface area (Å²) in [6.45, 7) is 10.9. The van der Waals surface area contributed by atoms with Crippen molar-refractivity contribution in [3.05, 3.63) is 17.5 Å². The average Bonchev–Trinajstić information content (AvgIpc) is 2.85. The lowest BCUT2D eigenvalue weighted by atomic mass is 10.2. The summed E-state index contributed by atoms with van der Waals surface area (Å²) in [4.78, 5) is 16.1. The van der Waals surface area contributed by atoms with Crippen LogP contribution in [-0.4, -0.2) is 58.5 Å². The maximum atomic E-state index is 11.9. The van der Waals surface area contributed by atoms with Crippen LogP contribution in [0.5, 0.6) is 0 Å². The van der Waals surface area contributed by atoms with Crippen LogP contribution >= 0.6 is 0 Å². The second-order valence-corrected chi connectivity index (χ2v) is 6.36. The third-order valence-corrected chi connectivity index (χ3v) is 3.89. The molecule has 0 bridgehead atoms. The minimum Gasteiger partial charge on any atom is -0.449 e. The third-order valence-electron chi connectivity index (χ3n) is 3.89. The van der Waals surface area contributed by atoms with E-state index >= 15 is 0 Å². The molecule has 0 spiro atoms. The van der Waals surface area contributed by atoms with E-state index in [1.165, 1.54) is 11.3 Å². The summed E-state index contributed by atoms with van der Waals surface area (Å²) in [6, 6.07) is 0. The Kier molecular flexibility index (Phi) is 5.83. The first-order valence-electron chi connectivity index (χ1n) is 8.15. The molecule has 0 atom stereocenters. The van der Waals surface area contributed by atoms with Crippen LogP contribution in [0, 0.1) is 5.92 Å². The molecule has 0 aliphatic carbocycles. The Morgan fingerprint density at radius 3 is 2.59 bits per heavy atom. The fraction of sp³-hybridized carbons (Fsp3) is 0.750. The molecule has 6 nitrogen and oxygen atoms in total. The van der Waals surface area contributed by atoms with E-state index in [4.69, 9.17) is 4.74 Å². The Morgan fingerprint density at radius 1 is 1.32 bits per heavy atom. The highest BCUT2D eigenvalue weighted by Crippen LogP contribution is 2.13. The number of carbonyl (C=O) groups excluding carboxylic acids is 1. The van der Waals surface area contributed by atoms with Crippen molar-refractivity contribution in [2.24, 2.45) is 13.0 Å². The number of piperazine rings is 1. The van der Waals surface area contributed by atoms with Gasteiger partial charge in [-0.3, -0.25) is 9.58 Å². The van der Waals surface area contributed by atoms with Crippen LogP contribution in [0.3, 0.4) is 0 Å². The van der Waals surface area contributed by atoms with Gasteiger partial charge in [-0.05, 0) is 12.3 Å². The number of hydrogen-bond acceptors (Lipinski definition) is 4. The lowest BCUT2D eigenvalue weighted by Gasteiger charge is -2.34. The number of nitrogens with zero attached hydrogens (tertiary/aromatic N) is 4. The van der Waals surface area contributed by atoms with Crippen LogP contribution in [0.1, 0.15) is 32.0 Å². The summed E-state index contributed by atoms with van der Waals surface area (Å²) in [7, 11) is 1.96. The van der Waals surface area contributed by atoms with Crippen molar-refractivity contribution in [3.63, 3.8) is 0 Å². The molecule has 1 aliphatic rings. The Morgan fingerprint density at radius 2 is 2.00 bits per heavy atom. The molecule has 1 fully saturated rings. The molecule has 0 saturated carbocycles. The SMILES string of the molecule is CCc1nn(C)cc1CN1CCN(C(=O)OCC(C)C)CC1. The monoisotopic (exact) mass is 308 g/mol.